The Bertz CT molecular complexity index is 1370. The second kappa shape index (κ2) is 16.0. The van der Waals surface area contributed by atoms with E-state index in [9.17, 15) is 19.2 Å². The number of carbonyl (C=O) groups excluding carboxylic acids is 4. The number of hydrogen-bond donors (Lipinski definition) is 3. The molecule has 1 aromatic heterocycles. The molecule has 2 aromatic rings. The average Bonchev–Trinajstić information content (AvgIpc) is 3.41. The van der Waals surface area contributed by atoms with Gasteiger partial charge in [0.15, 0.2) is 0 Å². The van der Waals surface area contributed by atoms with Crippen LogP contribution in [0.15, 0.2) is 42.6 Å². The molecule has 3 heterocycles. The van der Waals surface area contributed by atoms with E-state index in [-0.39, 0.29) is 24.2 Å². The molecule has 0 radical (unpaired) electrons. The van der Waals surface area contributed by atoms with Crippen LogP contribution in [0.5, 0.6) is 0 Å². The number of amides is 4. The molecule has 3 N–H and O–H groups in total. The summed E-state index contributed by atoms with van der Waals surface area (Å²) in [6.45, 7) is 10.5. The van der Waals surface area contributed by atoms with Crippen LogP contribution in [0.4, 0.5) is 0 Å². The van der Waals surface area contributed by atoms with Crippen molar-refractivity contribution >= 4 is 34.5 Å². The lowest BCUT2D eigenvalue weighted by Crippen LogP contribution is -2.64. The van der Waals surface area contributed by atoms with Crippen LogP contribution >= 0.6 is 0 Å². The minimum atomic E-state index is -0.975. The number of aromatic nitrogens is 1. The third kappa shape index (κ3) is 8.27. The summed E-state index contributed by atoms with van der Waals surface area (Å²) in [5.74, 6) is -1.54. The van der Waals surface area contributed by atoms with E-state index in [1.807, 2.05) is 44.3 Å². The molecule has 45 heavy (non-hydrogen) atoms. The van der Waals surface area contributed by atoms with E-state index in [1.165, 1.54) is 5.57 Å². The van der Waals surface area contributed by atoms with Crippen molar-refractivity contribution in [3.63, 3.8) is 0 Å². The van der Waals surface area contributed by atoms with E-state index in [4.69, 9.17) is 4.84 Å². The Labute approximate surface area is 267 Å². The van der Waals surface area contributed by atoms with Gasteiger partial charge in [-0.25, -0.2) is 0 Å². The largest absolute Gasteiger partial charge is 0.417 e. The van der Waals surface area contributed by atoms with E-state index < -0.39 is 36.0 Å². The molecule has 4 rings (SSSR count). The van der Waals surface area contributed by atoms with Crippen LogP contribution in [-0.2, 0) is 25.6 Å². The van der Waals surface area contributed by atoms with Gasteiger partial charge in [0.05, 0.1) is 5.52 Å². The van der Waals surface area contributed by atoms with Crippen molar-refractivity contribution in [2.24, 2.45) is 5.92 Å². The zero-order valence-electron chi connectivity index (χ0n) is 27.4. The zero-order chi connectivity index (χ0) is 32.5. The van der Waals surface area contributed by atoms with Crippen LogP contribution in [-0.4, -0.2) is 71.1 Å². The molecule has 2 fully saturated rings. The van der Waals surface area contributed by atoms with E-state index in [1.54, 1.807) is 16.7 Å². The summed E-state index contributed by atoms with van der Waals surface area (Å²) in [6, 6.07) is 4.41. The molecule has 2 aliphatic rings. The van der Waals surface area contributed by atoms with Crippen LogP contribution < -0.4 is 20.8 Å². The van der Waals surface area contributed by atoms with Gasteiger partial charge >= 0.3 is 0 Å². The molecule has 1 aromatic carbocycles. The van der Waals surface area contributed by atoms with Gasteiger partial charge < -0.3 is 25.7 Å². The summed E-state index contributed by atoms with van der Waals surface area (Å²) in [6.07, 6.45) is 9.70. The molecule has 4 amide bonds. The predicted octanol–water partition coefficient (Wildman–Crippen LogP) is 4.05. The summed E-state index contributed by atoms with van der Waals surface area (Å²) >= 11 is 0. The molecule has 246 valence electrons. The van der Waals surface area contributed by atoms with Gasteiger partial charge in [0.2, 0.25) is 23.6 Å². The van der Waals surface area contributed by atoms with Crippen LogP contribution in [0.3, 0.4) is 0 Å². The van der Waals surface area contributed by atoms with Crippen molar-refractivity contribution in [2.45, 2.75) is 116 Å². The molecule has 0 aliphatic carbocycles. The molecular formula is C35H51N5O5. The third-order valence-electron chi connectivity index (χ3n) is 9.54. The maximum Gasteiger partial charge on any atom is 0.246 e. The maximum atomic E-state index is 14.1. The molecule has 2 saturated heterocycles. The Morgan fingerprint density at radius 1 is 0.978 bits per heavy atom. The Hall–Kier alpha value is -3.82. The smallest absolute Gasteiger partial charge is 0.246 e. The highest BCUT2D eigenvalue weighted by atomic mass is 16.6. The van der Waals surface area contributed by atoms with Gasteiger partial charge in [0.25, 0.3) is 0 Å². The first-order valence-electron chi connectivity index (χ1n) is 16.7. The Morgan fingerprint density at radius 3 is 2.44 bits per heavy atom. The minimum absolute atomic E-state index is 0.168. The van der Waals surface area contributed by atoms with E-state index in [2.05, 4.69) is 29.5 Å². The lowest BCUT2D eigenvalue weighted by atomic mass is 9.93. The van der Waals surface area contributed by atoms with E-state index in [0.29, 0.717) is 25.8 Å². The van der Waals surface area contributed by atoms with Crippen LogP contribution in [0.25, 0.3) is 10.9 Å². The van der Waals surface area contributed by atoms with Gasteiger partial charge in [0, 0.05) is 24.5 Å². The number of rotatable bonds is 12. The van der Waals surface area contributed by atoms with Crippen LogP contribution in [0.2, 0.25) is 0 Å². The van der Waals surface area contributed by atoms with Crippen molar-refractivity contribution in [1.82, 2.24) is 25.6 Å². The lowest BCUT2D eigenvalue weighted by molar-refractivity contribution is -0.147. The van der Waals surface area contributed by atoms with Gasteiger partial charge in [-0.3, -0.25) is 19.2 Å². The van der Waals surface area contributed by atoms with Gasteiger partial charge in [0.1, 0.15) is 31.3 Å². The van der Waals surface area contributed by atoms with Gasteiger partial charge in [-0.05, 0) is 62.5 Å². The molecule has 0 unspecified atom stereocenters. The average molecular weight is 622 g/mol. The first-order chi connectivity index (χ1) is 21.7. The van der Waals surface area contributed by atoms with Crippen molar-refractivity contribution in [2.75, 3.05) is 13.7 Å². The molecule has 0 bridgehead atoms. The van der Waals surface area contributed by atoms with Crippen molar-refractivity contribution in [1.29, 1.82) is 0 Å². The molecule has 0 spiro atoms. The number of benzene rings is 1. The van der Waals surface area contributed by atoms with Gasteiger partial charge in [-0.1, -0.05) is 70.4 Å². The third-order valence-corrected chi connectivity index (χ3v) is 9.54. The van der Waals surface area contributed by atoms with Crippen molar-refractivity contribution < 1.29 is 24.0 Å². The highest BCUT2D eigenvalue weighted by molar-refractivity contribution is 5.98. The van der Waals surface area contributed by atoms with Gasteiger partial charge in [-0.2, -0.15) is 4.73 Å². The Morgan fingerprint density at radius 2 is 1.71 bits per heavy atom. The molecule has 2 aliphatic heterocycles. The molecular weight excluding hydrogens is 570 g/mol. The Balaban J connectivity index is 1.66. The number of para-hydroxylation sites is 1. The monoisotopic (exact) mass is 621 g/mol. The minimum Gasteiger partial charge on any atom is -0.417 e. The topological polar surface area (TPSA) is 122 Å². The standard InChI is InChI=1S/C35H51N5O5/c1-6-23(3)15-9-8-10-17-27-32(41)37-28(21-25-22-40(45-5)29-18-12-11-16-26(25)29)33(42)38-31(24(4)7-2)35(44)39-20-14-13-19-30(39)34(43)36-27/h11-12,16,18,22,24,27-28,30-31H,3,6-10,13-15,17,19-21H2,1-2,4-5H3,(H,36,43)(H,37,41)(H,38,42)/t24-,27-,28-,30+,31-/m0/s1. The number of carbonyl (C=O) groups is 4. The fourth-order valence-corrected chi connectivity index (χ4v) is 6.43. The molecule has 5 atom stereocenters. The molecule has 10 heteroatoms. The van der Waals surface area contributed by atoms with Crippen LogP contribution in [0, 0.1) is 5.92 Å². The number of allylic oxidation sites excluding steroid dienone is 1. The second-order valence-electron chi connectivity index (χ2n) is 12.6. The summed E-state index contributed by atoms with van der Waals surface area (Å²) in [5, 5.41) is 9.88. The summed E-state index contributed by atoms with van der Waals surface area (Å²) in [5.41, 5.74) is 2.86. The van der Waals surface area contributed by atoms with E-state index >= 15 is 0 Å². The zero-order valence-corrected chi connectivity index (χ0v) is 27.4. The fraction of sp³-hybridized carbons (Fsp3) is 0.600. The Kier molecular flexibility index (Phi) is 12.1. The number of hydrogen-bond acceptors (Lipinski definition) is 5. The summed E-state index contributed by atoms with van der Waals surface area (Å²) in [7, 11) is 1.57. The normalized spacial score (nSPS) is 23.7. The van der Waals surface area contributed by atoms with Gasteiger partial charge in [-0.15, -0.1) is 0 Å². The predicted molar refractivity (Wildman–Crippen MR) is 175 cm³/mol. The van der Waals surface area contributed by atoms with E-state index in [0.717, 1.165) is 61.4 Å². The summed E-state index contributed by atoms with van der Waals surface area (Å²) in [4.78, 5) is 62.9. The SMILES string of the molecule is C=C(CC)CCCCC[C@@H]1NC(=O)[C@H]2CCCCN2C(=O)[C@H]([C@@H](C)CC)NC(=O)[C@H](Cc2cn(OC)c3ccccc23)NC1=O. The molecule has 10 nitrogen and oxygen atoms in total. The quantitative estimate of drug-likeness (QED) is 0.244. The maximum absolute atomic E-state index is 14.1. The first-order valence-corrected chi connectivity index (χ1v) is 16.7. The van der Waals surface area contributed by atoms with Crippen molar-refractivity contribution in [3.8, 4) is 0 Å². The number of unbranched alkanes of at least 4 members (excludes halogenated alkanes) is 2. The van der Waals surface area contributed by atoms with Crippen LogP contribution in [0.1, 0.15) is 90.5 Å². The highest BCUT2D eigenvalue weighted by Gasteiger charge is 2.40. The fourth-order valence-electron chi connectivity index (χ4n) is 6.43. The van der Waals surface area contributed by atoms with Crippen molar-refractivity contribution in [3.05, 3.63) is 48.2 Å². The lowest BCUT2D eigenvalue weighted by Gasteiger charge is -2.39. The molecule has 0 saturated carbocycles. The number of fused-ring (bicyclic) bond motifs is 2. The number of nitrogens with one attached hydrogen (secondary N) is 3. The summed E-state index contributed by atoms with van der Waals surface area (Å²) < 4.78 is 1.64. The number of nitrogens with zero attached hydrogens (tertiary/aromatic N) is 2. The second-order valence-corrected chi connectivity index (χ2v) is 12.6. The number of piperidine rings is 1. The first kappa shape index (κ1) is 34.1. The highest BCUT2D eigenvalue weighted by Crippen LogP contribution is 2.24.